The van der Waals surface area contributed by atoms with Gasteiger partial charge < -0.3 is 10.2 Å². The molecule has 3 aromatic rings. The highest BCUT2D eigenvalue weighted by Gasteiger charge is 2.20. The summed E-state index contributed by atoms with van der Waals surface area (Å²) in [5, 5.41) is 11.8. The normalized spacial score (nSPS) is 13.4. The van der Waals surface area contributed by atoms with Crippen LogP contribution in [0.5, 0.6) is 0 Å². The van der Waals surface area contributed by atoms with E-state index in [0.717, 1.165) is 31.7 Å². The average molecular weight is 331 g/mol. The zero-order chi connectivity index (χ0) is 17.1. The van der Waals surface area contributed by atoms with Crippen LogP contribution in [0.1, 0.15) is 23.1 Å². The molecule has 1 aromatic heterocycles. The monoisotopic (exact) mass is 331 g/mol. The van der Waals surface area contributed by atoms with Gasteiger partial charge in [-0.3, -0.25) is 0 Å². The van der Waals surface area contributed by atoms with E-state index < -0.39 is 0 Å². The highest BCUT2D eigenvalue weighted by atomic mass is 15.3. The molecular weight excluding hydrogens is 310 g/mol. The fourth-order valence-electron chi connectivity index (χ4n) is 3.25. The van der Waals surface area contributed by atoms with Gasteiger partial charge in [0.1, 0.15) is 0 Å². The van der Waals surface area contributed by atoms with E-state index in [1.165, 1.54) is 22.4 Å². The molecule has 5 heteroatoms. The Bertz CT molecular complexity index is 877. The number of hydrogen-bond donors (Lipinski definition) is 1. The van der Waals surface area contributed by atoms with Crippen molar-refractivity contribution in [3.8, 4) is 0 Å². The summed E-state index contributed by atoms with van der Waals surface area (Å²) >= 11 is 0. The Balaban J connectivity index is 1.54. The Morgan fingerprint density at radius 3 is 2.96 bits per heavy atom. The Morgan fingerprint density at radius 2 is 2.04 bits per heavy atom. The number of aromatic nitrogens is 3. The summed E-state index contributed by atoms with van der Waals surface area (Å²) in [6.07, 6.45) is 3.88. The second kappa shape index (κ2) is 6.89. The number of nitrogens with zero attached hydrogens (tertiary/aromatic N) is 4. The van der Waals surface area contributed by atoms with Gasteiger partial charge in [0.05, 0.1) is 6.20 Å². The number of anilines is 3. The molecule has 1 aliphatic heterocycles. The average Bonchev–Trinajstić information content (AvgIpc) is 2.66. The second-order valence-corrected chi connectivity index (χ2v) is 6.37. The van der Waals surface area contributed by atoms with Crippen LogP contribution in [0.4, 0.5) is 17.5 Å². The van der Waals surface area contributed by atoms with Crippen molar-refractivity contribution in [1.82, 2.24) is 15.2 Å². The fraction of sp³-hybridized carbons (Fsp3) is 0.250. The van der Waals surface area contributed by atoms with Crippen molar-refractivity contribution in [2.24, 2.45) is 0 Å². The molecule has 0 saturated carbocycles. The summed E-state index contributed by atoms with van der Waals surface area (Å²) in [7, 11) is 0. The largest absolute Gasteiger partial charge is 0.365 e. The molecular formula is C20H21N5. The third kappa shape index (κ3) is 3.45. The van der Waals surface area contributed by atoms with Crippen LogP contribution in [0.3, 0.4) is 0 Å². The standard InChI is InChI=1S/C20H21N5/c1-15-6-4-7-16(12-15)13-21-19-14-22-24-20(23-19)25-11-5-9-17-8-2-3-10-18(17)25/h2-4,6-8,10,12,14H,5,9,11,13H2,1H3,(H,21,23,24). The van der Waals surface area contributed by atoms with Crippen molar-refractivity contribution in [2.45, 2.75) is 26.3 Å². The van der Waals surface area contributed by atoms with E-state index in [0.29, 0.717) is 5.95 Å². The highest BCUT2D eigenvalue weighted by molar-refractivity contribution is 5.63. The van der Waals surface area contributed by atoms with Gasteiger partial charge in [-0.05, 0) is 37.0 Å². The van der Waals surface area contributed by atoms with Crippen LogP contribution < -0.4 is 10.2 Å². The number of nitrogens with one attached hydrogen (secondary N) is 1. The van der Waals surface area contributed by atoms with Crippen LogP contribution >= 0.6 is 0 Å². The zero-order valence-electron chi connectivity index (χ0n) is 14.3. The van der Waals surface area contributed by atoms with E-state index in [4.69, 9.17) is 0 Å². The minimum Gasteiger partial charge on any atom is -0.365 e. The van der Waals surface area contributed by atoms with E-state index in [9.17, 15) is 0 Å². The topological polar surface area (TPSA) is 53.9 Å². The van der Waals surface area contributed by atoms with Gasteiger partial charge in [0.2, 0.25) is 0 Å². The number of para-hydroxylation sites is 1. The number of hydrogen-bond acceptors (Lipinski definition) is 5. The van der Waals surface area contributed by atoms with Crippen LogP contribution in [0.2, 0.25) is 0 Å². The number of benzene rings is 2. The molecule has 0 unspecified atom stereocenters. The molecule has 0 radical (unpaired) electrons. The predicted octanol–water partition coefficient (Wildman–Crippen LogP) is 3.88. The summed E-state index contributed by atoms with van der Waals surface area (Å²) in [5.41, 5.74) is 5.01. The molecule has 2 heterocycles. The zero-order valence-corrected chi connectivity index (χ0v) is 14.3. The highest BCUT2D eigenvalue weighted by Crippen LogP contribution is 2.31. The smallest absolute Gasteiger partial charge is 0.251 e. The summed E-state index contributed by atoms with van der Waals surface area (Å²) in [4.78, 5) is 6.83. The number of rotatable bonds is 4. The SMILES string of the molecule is Cc1cccc(CNc2cnnc(N3CCCc4ccccc43)n2)c1. The van der Waals surface area contributed by atoms with Gasteiger partial charge in [-0.25, -0.2) is 0 Å². The first kappa shape index (κ1) is 15.6. The van der Waals surface area contributed by atoms with Gasteiger partial charge in [-0.2, -0.15) is 10.1 Å². The maximum absolute atomic E-state index is 4.67. The Labute approximate surface area is 147 Å². The molecule has 25 heavy (non-hydrogen) atoms. The Hall–Kier alpha value is -2.95. The molecule has 0 saturated heterocycles. The molecule has 0 fully saturated rings. The first-order chi connectivity index (χ1) is 12.3. The van der Waals surface area contributed by atoms with Crippen LogP contribution in [0.25, 0.3) is 0 Å². The molecule has 1 N–H and O–H groups in total. The second-order valence-electron chi connectivity index (χ2n) is 6.37. The molecule has 2 aromatic carbocycles. The molecule has 1 aliphatic rings. The number of fused-ring (bicyclic) bond motifs is 1. The minimum atomic E-state index is 0.654. The van der Waals surface area contributed by atoms with E-state index >= 15 is 0 Å². The summed E-state index contributed by atoms with van der Waals surface area (Å²) in [6.45, 7) is 3.73. The lowest BCUT2D eigenvalue weighted by atomic mass is 10.0. The molecule has 126 valence electrons. The summed E-state index contributed by atoms with van der Waals surface area (Å²) < 4.78 is 0. The molecule has 5 nitrogen and oxygen atoms in total. The molecule has 0 bridgehead atoms. The van der Waals surface area contributed by atoms with E-state index in [-0.39, 0.29) is 0 Å². The molecule has 0 aliphatic carbocycles. The van der Waals surface area contributed by atoms with E-state index in [2.05, 4.69) is 80.9 Å². The van der Waals surface area contributed by atoms with Gasteiger partial charge in [-0.1, -0.05) is 48.0 Å². The van der Waals surface area contributed by atoms with Crippen molar-refractivity contribution >= 4 is 17.5 Å². The van der Waals surface area contributed by atoms with Crippen molar-refractivity contribution in [2.75, 3.05) is 16.8 Å². The lowest BCUT2D eigenvalue weighted by molar-refractivity contribution is 0.741. The summed E-state index contributed by atoms with van der Waals surface area (Å²) in [5.74, 6) is 1.40. The number of aryl methyl sites for hydroxylation is 2. The maximum atomic E-state index is 4.67. The molecule has 0 spiro atoms. The van der Waals surface area contributed by atoms with Gasteiger partial charge in [-0.15, -0.1) is 5.10 Å². The third-order valence-corrected chi connectivity index (χ3v) is 4.46. The Kier molecular flexibility index (Phi) is 4.29. The van der Waals surface area contributed by atoms with Crippen LogP contribution in [0.15, 0.2) is 54.7 Å². The van der Waals surface area contributed by atoms with Crippen molar-refractivity contribution in [3.63, 3.8) is 0 Å². The molecule has 0 amide bonds. The van der Waals surface area contributed by atoms with Crippen molar-refractivity contribution in [3.05, 3.63) is 71.4 Å². The first-order valence-corrected chi connectivity index (χ1v) is 8.64. The van der Waals surface area contributed by atoms with Crippen LogP contribution in [0, 0.1) is 6.92 Å². The van der Waals surface area contributed by atoms with Gasteiger partial charge in [0.15, 0.2) is 5.82 Å². The first-order valence-electron chi connectivity index (χ1n) is 8.64. The molecule has 4 rings (SSSR count). The van der Waals surface area contributed by atoms with Gasteiger partial charge in [0, 0.05) is 18.8 Å². The summed E-state index contributed by atoms with van der Waals surface area (Å²) in [6, 6.07) is 16.9. The quantitative estimate of drug-likeness (QED) is 0.786. The van der Waals surface area contributed by atoms with Crippen molar-refractivity contribution in [1.29, 1.82) is 0 Å². The Morgan fingerprint density at radius 1 is 1.12 bits per heavy atom. The third-order valence-electron chi connectivity index (χ3n) is 4.46. The fourth-order valence-corrected chi connectivity index (χ4v) is 3.25. The van der Waals surface area contributed by atoms with Gasteiger partial charge >= 0.3 is 0 Å². The lowest BCUT2D eigenvalue weighted by Crippen LogP contribution is -2.26. The predicted molar refractivity (Wildman–Crippen MR) is 100 cm³/mol. The van der Waals surface area contributed by atoms with Crippen LogP contribution in [-0.4, -0.2) is 21.7 Å². The minimum absolute atomic E-state index is 0.654. The van der Waals surface area contributed by atoms with Crippen LogP contribution in [-0.2, 0) is 13.0 Å². The molecule has 0 atom stereocenters. The lowest BCUT2D eigenvalue weighted by Gasteiger charge is -2.29. The van der Waals surface area contributed by atoms with E-state index in [1.807, 2.05) is 0 Å². The van der Waals surface area contributed by atoms with Crippen molar-refractivity contribution < 1.29 is 0 Å². The van der Waals surface area contributed by atoms with Gasteiger partial charge in [0.25, 0.3) is 5.95 Å². The van der Waals surface area contributed by atoms with E-state index in [1.54, 1.807) is 6.20 Å². The maximum Gasteiger partial charge on any atom is 0.251 e.